The number of likely N-dealkylation sites (N-methyl/N-ethyl adjacent to an activating group) is 1. The zero-order chi connectivity index (χ0) is 22.4. The third-order valence-electron chi connectivity index (χ3n) is 11.7. The van der Waals surface area contributed by atoms with E-state index in [1.54, 1.807) is 21.3 Å². The number of fused-ring (bicyclic) bond motifs is 3. The first-order chi connectivity index (χ1) is 15.4. The van der Waals surface area contributed by atoms with Gasteiger partial charge in [-0.3, -0.25) is 4.90 Å². The lowest BCUT2D eigenvalue weighted by atomic mass is 9.41. The summed E-state index contributed by atoms with van der Waals surface area (Å²) in [4.78, 5) is 2.27. The molecule has 8 nitrogen and oxygen atoms in total. The van der Waals surface area contributed by atoms with Crippen molar-refractivity contribution >= 4 is 0 Å². The van der Waals surface area contributed by atoms with Crippen LogP contribution in [0.25, 0.3) is 0 Å². The molecule has 14 unspecified atom stereocenters. The first-order valence-electron chi connectivity index (χ1n) is 12.4. The van der Waals surface area contributed by atoms with Crippen LogP contribution in [0.15, 0.2) is 0 Å². The van der Waals surface area contributed by atoms with Gasteiger partial charge in [0.1, 0.15) is 17.4 Å². The number of hydrogen-bond donors (Lipinski definition) is 3. The molecule has 32 heavy (non-hydrogen) atoms. The SMILES string of the molecule is CCN1C2OC3CCC2(CO)C2C(OC)C4(O)C1C32C1CC2C(OC)CC4(O)C1C2OC. The van der Waals surface area contributed by atoms with Crippen LogP contribution in [0.2, 0.25) is 0 Å². The van der Waals surface area contributed by atoms with E-state index < -0.39 is 22.7 Å². The molecule has 0 aromatic heterocycles. The number of nitrogens with zero attached hydrogens (tertiary/aromatic N) is 1. The lowest BCUT2D eigenvalue weighted by molar-refractivity contribution is -0.410. The van der Waals surface area contributed by atoms with Gasteiger partial charge in [-0.25, -0.2) is 0 Å². The molecule has 9 aliphatic rings. The van der Waals surface area contributed by atoms with E-state index in [0.29, 0.717) is 13.0 Å². The van der Waals surface area contributed by atoms with Crippen molar-refractivity contribution in [3.8, 4) is 0 Å². The van der Waals surface area contributed by atoms with E-state index in [-0.39, 0.29) is 66.3 Å². The van der Waals surface area contributed by atoms with Gasteiger partial charge in [0.05, 0.1) is 37.1 Å². The van der Waals surface area contributed by atoms with Gasteiger partial charge in [-0.1, -0.05) is 6.92 Å². The molecule has 4 aliphatic heterocycles. The van der Waals surface area contributed by atoms with Crippen molar-refractivity contribution < 1.29 is 34.3 Å². The number of ether oxygens (including phenoxy) is 4. The zero-order valence-electron chi connectivity index (χ0n) is 19.4. The van der Waals surface area contributed by atoms with Crippen LogP contribution in [0.1, 0.15) is 32.6 Å². The predicted molar refractivity (Wildman–Crippen MR) is 111 cm³/mol. The molecule has 9 bridgehead atoms. The van der Waals surface area contributed by atoms with Gasteiger partial charge >= 0.3 is 0 Å². The van der Waals surface area contributed by atoms with Gasteiger partial charge in [-0.15, -0.1) is 0 Å². The highest BCUT2D eigenvalue weighted by Gasteiger charge is 2.94. The molecule has 3 N–H and O–H groups in total. The summed E-state index contributed by atoms with van der Waals surface area (Å²) in [6, 6.07) is -0.267. The van der Waals surface area contributed by atoms with Crippen molar-refractivity contribution in [1.29, 1.82) is 0 Å². The van der Waals surface area contributed by atoms with E-state index in [1.807, 2.05) is 0 Å². The summed E-state index contributed by atoms with van der Waals surface area (Å²) in [5.74, 6) is 0.0270. The maximum atomic E-state index is 12.9. The number of piperidine rings is 1. The van der Waals surface area contributed by atoms with Gasteiger partial charge in [0.2, 0.25) is 0 Å². The Hall–Kier alpha value is -0.320. The average Bonchev–Trinajstić information content (AvgIpc) is 3.25. The quantitative estimate of drug-likeness (QED) is 0.536. The Labute approximate surface area is 189 Å². The summed E-state index contributed by atoms with van der Waals surface area (Å²) < 4.78 is 25.0. The smallest absolute Gasteiger partial charge is 0.136 e. The minimum atomic E-state index is -1.49. The monoisotopic (exact) mass is 451 g/mol. The normalized spacial score (nSPS) is 65.7. The molecule has 14 atom stereocenters. The second-order valence-corrected chi connectivity index (χ2v) is 11.7. The zero-order valence-corrected chi connectivity index (χ0v) is 19.4. The maximum Gasteiger partial charge on any atom is 0.136 e. The topological polar surface area (TPSA) is 101 Å². The molecule has 4 saturated heterocycles. The number of hydrogen-bond acceptors (Lipinski definition) is 8. The summed E-state index contributed by atoms with van der Waals surface area (Å²) in [5, 5.41) is 36.4. The molecule has 9 fully saturated rings. The van der Waals surface area contributed by atoms with E-state index in [2.05, 4.69) is 11.8 Å². The first-order valence-corrected chi connectivity index (χ1v) is 12.4. The molecule has 4 heterocycles. The summed E-state index contributed by atoms with van der Waals surface area (Å²) in [5.41, 5.74) is -3.77. The van der Waals surface area contributed by atoms with E-state index in [0.717, 1.165) is 19.3 Å². The van der Waals surface area contributed by atoms with Crippen LogP contribution in [0.5, 0.6) is 0 Å². The van der Waals surface area contributed by atoms with Crippen LogP contribution in [0.4, 0.5) is 0 Å². The highest BCUT2D eigenvalue weighted by Crippen LogP contribution is 2.83. The molecule has 1 spiro atoms. The van der Waals surface area contributed by atoms with Crippen LogP contribution in [-0.2, 0) is 18.9 Å². The second-order valence-electron chi connectivity index (χ2n) is 11.7. The molecule has 0 radical (unpaired) electrons. The molecule has 5 aliphatic carbocycles. The number of methoxy groups -OCH3 is 3. The van der Waals surface area contributed by atoms with E-state index in [1.165, 1.54) is 0 Å². The summed E-state index contributed by atoms with van der Waals surface area (Å²) in [7, 11) is 5.08. The fourth-order valence-corrected chi connectivity index (χ4v) is 11.3. The Kier molecular flexibility index (Phi) is 3.99. The Bertz CT molecular complexity index is 843. The van der Waals surface area contributed by atoms with Crippen molar-refractivity contribution in [1.82, 2.24) is 4.90 Å². The molecule has 5 saturated carbocycles. The molecule has 0 aromatic carbocycles. The van der Waals surface area contributed by atoms with Crippen molar-refractivity contribution in [2.75, 3.05) is 34.5 Å². The molecule has 0 amide bonds. The molecule has 9 rings (SSSR count). The molecular formula is C24H37NO7. The largest absolute Gasteiger partial charge is 0.396 e. The van der Waals surface area contributed by atoms with Gasteiger partial charge in [-0.05, 0) is 31.7 Å². The number of aliphatic hydroxyl groups is 3. The fraction of sp³-hybridized carbons (Fsp3) is 1.00. The number of rotatable bonds is 5. The van der Waals surface area contributed by atoms with Crippen LogP contribution in [0.3, 0.4) is 0 Å². The van der Waals surface area contributed by atoms with Crippen LogP contribution in [-0.4, -0.2) is 103 Å². The van der Waals surface area contributed by atoms with Crippen molar-refractivity contribution in [3.05, 3.63) is 0 Å². The molecule has 180 valence electrons. The van der Waals surface area contributed by atoms with Crippen molar-refractivity contribution in [2.45, 2.75) is 80.5 Å². The lowest BCUT2D eigenvalue weighted by Gasteiger charge is -2.76. The lowest BCUT2D eigenvalue weighted by Crippen LogP contribution is -2.86. The number of aliphatic hydroxyl groups excluding tert-OH is 1. The average molecular weight is 452 g/mol. The summed E-state index contributed by atoms with van der Waals surface area (Å²) in [6.07, 6.45) is 1.81. The molecule has 8 heteroatoms. The van der Waals surface area contributed by atoms with Crippen molar-refractivity contribution in [3.63, 3.8) is 0 Å². The van der Waals surface area contributed by atoms with Gasteiger partial charge < -0.3 is 34.3 Å². The van der Waals surface area contributed by atoms with Crippen molar-refractivity contribution in [2.24, 2.45) is 34.5 Å². The van der Waals surface area contributed by atoms with Crippen LogP contribution >= 0.6 is 0 Å². The highest BCUT2D eigenvalue weighted by molar-refractivity contribution is 5.43. The Morgan fingerprint density at radius 1 is 1.12 bits per heavy atom. The van der Waals surface area contributed by atoms with E-state index in [4.69, 9.17) is 18.9 Å². The third-order valence-corrected chi connectivity index (χ3v) is 11.7. The van der Waals surface area contributed by atoms with E-state index in [9.17, 15) is 15.3 Å². The predicted octanol–water partition coefficient (Wildman–Crippen LogP) is -0.0191. The van der Waals surface area contributed by atoms with Crippen LogP contribution in [0, 0.1) is 34.5 Å². The van der Waals surface area contributed by atoms with Gasteiger partial charge in [0.25, 0.3) is 0 Å². The summed E-state index contributed by atoms with van der Waals surface area (Å²) >= 11 is 0. The minimum Gasteiger partial charge on any atom is -0.396 e. The first kappa shape index (κ1) is 21.0. The Morgan fingerprint density at radius 2 is 1.91 bits per heavy atom. The maximum absolute atomic E-state index is 12.9. The molecule has 0 aromatic rings. The van der Waals surface area contributed by atoms with Gasteiger partial charge in [0, 0.05) is 56.3 Å². The Balaban J connectivity index is 1.55. The van der Waals surface area contributed by atoms with Gasteiger partial charge in [-0.2, -0.15) is 0 Å². The Morgan fingerprint density at radius 3 is 2.53 bits per heavy atom. The third kappa shape index (κ3) is 1.68. The fourth-order valence-electron chi connectivity index (χ4n) is 11.3. The molecular weight excluding hydrogens is 414 g/mol. The minimum absolute atomic E-state index is 0.00204. The highest BCUT2D eigenvalue weighted by atomic mass is 16.5. The standard InChI is InChI=1S/C24H37NO7/c1-5-25-19-23-12-8-11-13(29-2)9-22(27,15(12)16(11)30-3)24(19,28)18(31-4)17(23)21(10-26)7-6-14(23)32-20(21)25/h11-20,26-28H,5-10H2,1-4H3. The second kappa shape index (κ2) is 6.08. The van der Waals surface area contributed by atoms with Crippen LogP contribution < -0.4 is 0 Å². The van der Waals surface area contributed by atoms with E-state index >= 15 is 0 Å². The summed E-state index contributed by atoms with van der Waals surface area (Å²) in [6.45, 7) is 2.79. The van der Waals surface area contributed by atoms with Gasteiger partial charge in [0.15, 0.2) is 0 Å².